The molecule has 1 aliphatic heterocycles. The topological polar surface area (TPSA) is 15.3 Å². The molecule has 0 radical (unpaired) electrons. The number of hydrogen-bond acceptors (Lipinski definition) is 2. The molecule has 0 aliphatic carbocycles. The molecule has 1 N–H and O–H groups in total. The summed E-state index contributed by atoms with van der Waals surface area (Å²) in [6.45, 7) is 10.2. The highest BCUT2D eigenvalue weighted by Gasteiger charge is 2.34. The Kier molecular flexibility index (Phi) is 6.26. The number of halogens is 3. The van der Waals surface area contributed by atoms with Gasteiger partial charge in [0.15, 0.2) is 0 Å². The van der Waals surface area contributed by atoms with Gasteiger partial charge in [0.25, 0.3) is 0 Å². The Morgan fingerprint density at radius 1 is 1.25 bits per heavy atom. The van der Waals surface area contributed by atoms with Gasteiger partial charge in [0, 0.05) is 42.8 Å². The molecule has 2 rings (SSSR count). The van der Waals surface area contributed by atoms with Gasteiger partial charge in [-0.25, -0.2) is 4.39 Å². The SMILES string of the molecule is CC(C)(C)[C@H](c1cc(Cl)ccc1F)N1CCNCC1.Cl. The molecule has 0 saturated carbocycles. The van der Waals surface area contributed by atoms with Crippen molar-refractivity contribution in [2.75, 3.05) is 26.2 Å². The van der Waals surface area contributed by atoms with Gasteiger partial charge in [-0.3, -0.25) is 4.90 Å². The van der Waals surface area contributed by atoms with Crippen LogP contribution in [-0.2, 0) is 0 Å². The van der Waals surface area contributed by atoms with Crippen molar-refractivity contribution in [2.45, 2.75) is 26.8 Å². The van der Waals surface area contributed by atoms with Crippen LogP contribution in [0.1, 0.15) is 32.4 Å². The summed E-state index contributed by atoms with van der Waals surface area (Å²) in [5, 5.41) is 3.93. The van der Waals surface area contributed by atoms with E-state index in [-0.39, 0.29) is 29.7 Å². The summed E-state index contributed by atoms with van der Waals surface area (Å²) in [7, 11) is 0. The molecule has 0 spiro atoms. The molecule has 1 aromatic rings. The molecule has 1 fully saturated rings. The zero-order valence-corrected chi connectivity index (χ0v) is 13.8. The lowest BCUT2D eigenvalue weighted by atomic mass is 9.80. The maximum absolute atomic E-state index is 14.2. The number of benzene rings is 1. The van der Waals surface area contributed by atoms with E-state index < -0.39 is 0 Å². The fourth-order valence-corrected chi connectivity index (χ4v) is 3.06. The van der Waals surface area contributed by atoms with Gasteiger partial charge in [0.05, 0.1) is 0 Å². The lowest BCUT2D eigenvalue weighted by molar-refractivity contribution is 0.0834. The molecule has 5 heteroatoms. The standard InChI is InChI=1S/C15H22ClFN2.ClH/c1-15(2,3)14(19-8-6-18-7-9-19)12-10-11(16)4-5-13(12)17;/h4-5,10,14,18H,6-9H2,1-3H3;1H/t14-;/m0./s1. The Morgan fingerprint density at radius 3 is 2.40 bits per heavy atom. The first kappa shape index (κ1) is 17.7. The van der Waals surface area contributed by atoms with Crippen LogP contribution in [0.5, 0.6) is 0 Å². The average Bonchev–Trinajstić information content (AvgIpc) is 2.33. The van der Waals surface area contributed by atoms with E-state index in [9.17, 15) is 4.39 Å². The van der Waals surface area contributed by atoms with Crippen LogP contribution in [0.4, 0.5) is 4.39 Å². The summed E-state index contributed by atoms with van der Waals surface area (Å²) in [6.07, 6.45) is 0. The minimum absolute atomic E-state index is 0. The van der Waals surface area contributed by atoms with Gasteiger partial charge in [-0.2, -0.15) is 0 Å². The van der Waals surface area contributed by atoms with E-state index in [1.807, 2.05) is 0 Å². The van der Waals surface area contributed by atoms with Crippen LogP contribution in [0, 0.1) is 11.2 Å². The van der Waals surface area contributed by atoms with E-state index in [1.165, 1.54) is 6.07 Å². The van der Waals surface area contributed by atoms with Crippen molar-refractivity contribution in [1.82, 2.24) is 10.2 Å². The van der Waals surface area contributed by atoms with Gasteiger partial charge in [-0.1, -0.05) is 32.4 Å². The first-order chi connectivity index (χ1) is 8.89. The van der Waals surface area contributed by atoms with Crippen LogP contribution in [0.25, 0.3) is 0 Å². The fourth-order valence-electron chi connectivity index (χ4n) is 2.88. The Balaban J connectivity index is 0.00000200. The number of nitrogens with one attached hydrogen (secondary N) is 1. The molecular weight excluding hydrogens is 298 g/mol. The van der Waals surface area contributed by atoms with Crippen molar-refractivity contribution in [3.8, 4) is 0 Å². The highest BCUT2D eigenvalue weighted by molar-refractivity contribution is 6.30. The Labute approximate surface area is 132 Å². The second kappa shape index (κ2) is 7.08. The zero-order chi connectivity index (χ0) is 14.0. The van der Waals surface area contributed by atoms with Crippen molar-refractivity contribution in [3.05, 3.63) is 34.6 Å². The van der Waals surface area contributed by atoms with Crippen molar-refractivity contribution in [3.63, 3.8) is 0 Å². The number of rotatable bonds is 2. The van der Waals surface area contributed by atoms with Crippen molar-refractivity contribution < 1.29 is 4.39 Å². The molecule has 1 saturated heterocycles. The number of hydrogen-bond donors (Lipinski definition) is 1. The summed E-state index contributed by atoms with van der Waals surface area (Å²) in [4.78, 5) is 2.35. The largest absolute Gasteiger partial charge is 0.314 e. The zero-order valence-electron chi connectivity index (χ0n) is 12.2. The van der Waals surface area contributed by atoms with Crippen LogP contribution in [-0.4, -0.2) is 31.1 Å². The maximum Gasteiger partial charge on any atom is 0.128 e. The highest BCUT2D eigenvalue weighted by atomic mass is 35.5. The quantitative estimate of drug-likeness (QED) is 0.889. The molecule has 2 nitrogen and oxygen atoms in total. The summed E-state index contributed by atoms with van der Waals surface area (Å²) < 4.78 is 14.2. The normalized spacial score (nSPS) is 18.4. The van der Waals surface area contributed by atoms with Crippen molar-refractivity contribution in [1.29, 1.82) is 0 Å². The molecule has 1 aliphatic rings. The lowest BCUT2D eigenvalue weighted by Gasteiger charge is -2.42. The summed E-state index contributed by atoms with van der Waals surface area (Å²) in [5.74, 6) is -0.164. The van der Waals surface area contributed by atoms with Crippen LogP contribution < -0.4 is 5.32 Å². The molecule has 20 heavy (non-hydrogen) atoms. The molecule has 114 valence electrons. The van der Waals surface area contributed by atoms with Crippen molar-refractivity contribution in [2.24, 2.45) is 5.41 Å². The van der Waals surface area contributed by atoms with E-state index in [4.69, 9.17) is 11.6 Å². The lowest BCUT2D eigenvalue weighted by Crippen LogP contribution is -2.48. The van der Waals surface area contributed by atoms with Crippen LogP contribution >= 0.6 is 24.0 Å². The van der Waals surface area contributed by atoms with Gasteiger partial charge in [0.2, 0.25) is 0 Å². The average molecular weight is 321 g/mol. The molecule has 0 unspecified atom stereocenters. The molecular formula is C15H23Cl2FN2. The summed E-state index contributed by atoms with van der Waals surface area (Å²) >= 11 is 6.05. The van der Waals surface area contributed by atoms with Gasteiger partial charge < -0.3 is 5.32 Å². The Morgan fingerprint density at radius 2 is 1.85 bits per heavy atom. The maximum atomic E-state index is 14.2. The van der Waals surface area contributed by atoms with E-state index in [0.717, 1.165) is 26.2 Å². The second-order valence-corrected chi connectivity index (χ2v) is 6.66. The molecule has 1 aromatic carbocycles. The van der Waals surface area contributed by atoms with E-state index in [0.29, 0.717) is 10.6 Å². The first-order valence-electron chi connectivity index (χ1n) is 6.79. The van der Waals surface area contributed by atoms with Gasteiger partial charge in [-0.15, -0.1) is 12.4 Å². The predicted molar refractivity (Wildman–Crippen MR) is 85.3 cm³/mol. The third-order valence-electron chi connectivity index (χ3n) is 3.59. The van der Waals surface area contributed by atoms with Gasteiger partial charge in [-0.05, 0) is 23.6 Å². The Bertz CT molecular complexity index is 440. The van der Waals surface area contributed by atoms with Crippen LogP contribution in [0.15, 0.2) is 18.2 Å². The van der Waals surface area contributed by atoms with E-state index in [1.54, 1.807) is 12.1 Å². The smallest absolute Gasteiger partial charge is 0.128 e. The summed E-state index contributed by atoms with van der Waals surface area (Å²) in [6, 6.07) is 4.90. The molecule has 0 bridgehead atoms. The van der Waals surface area contributed by atoms with E-state index >= 15 is 0 Å². The third kappa shape index (κ3) is 4.08. The van der Waals surface area contributed by atoms with Crippen molar-refractivity contribution >= 4 is 24.0 Å². The highest BCUT2D eigenvalue weighted by Crippen LogP contribution is 2.39. The van der Waals surface area contributed by atoms with Crippen LogP contribution in [0.3, 0.4) is 0 Å². The minimum Gasteiger partial charge on any atom is -0.314 e. The van der Waals surface area contributed by atoms with Crippen LogP contribution in [0.2, 0.25) is 5.02 Å². The third-order valence-corrected chi connectivity index (χ3v) is 3.82. The predicted octanol–water partition coefficient (Wildman–Crippen LogP) is 3.89. The molecule has 1 heterocycles. The summed E-state index contributed by atoms with van der Waals surface area (Å²) in [5.41, 5.74) is 0.671. The molecule has 0 amide bonds. The van der Waals surface area contributed by atoms with Gasteiger partial charge >= 0.3 is 0 Å². The van der Waals surface area contributed by atoms with Gasteiger partial charge in [0.1, 0.15) is 5.82 Å². The number of piperazine rings is 1. The monoisotopic (exact) mass is 320 g/mol. The van der Waals surface area contributed by atoms with E-state index in [2.05, 4.69) is 31.0 Å². The Hall–Kier alpha value is -0.350. The fraction of sp³-hybridized carbons (Fsp3) is 0.600. The molecule has 1 atom stereocenters. The second-order valence-electron chi connectivity index (χ2n) is 6.22. The molecule has 0 aromatic heterocycles. The first-order valence-corrected chi connectivity index (χ1v) is 7.17. The number of nitrogens with zero attached hydrogens (tertiary/aromatic N) is 1. The minimum atomic E-state index is -0.164.